The van der Waals surface area contributed by atoms with E-state index in [1.807, 2.05) is 0 Å². The van der Waals surface area contributed by atoms with Gasteiger partial charge in [0, 0.05) is 17.1 Å². The molecule has 1 aliphatic heterocycles. The van der Waals surface area contributed by atoms with Gasteiger partial charge in [-0.05, 0) is 43.0 Å². The number of thiophene rings is 1. The van der Waals surface area contributed by atoms with E-state index in [4.69, 9.17) is 11.6 Å². The highest BCUT2D eigenvalue weighted by Crippen LogP contribution is 2.34. The van der Waals surface area contributed by atoms with E-state index in [0.29, 0.717) is 23.4 Å². The van der Waals surface area contributed by atoms with Crippen LogP contribution in [0.4, 0.5) is 5.69 Å². The van der Waals surface area contributed by atoms with Gasteiger partial charge in [0.2, 0.25) is 5.91 Å². The lowest BCUT2D eigenvalue weighted by Crippen LogP contribution is -2.32. The Bertz CT molecular complexity index is 617. The monoisotopic (exact) mass is 321 g/mol. The summed E-state index contributed by atoms with van der Waals surface area (Å²) in [6.07, 6.45) is 3.84. The third kappa shape index (κ3) is 3.43. The van der Waals surface area contributed by atoms with Crippen molar-refractivity contribution >= 4 is 34.5 Å². The maximum atomic E-state index is 12.2. The summed E-state index contributed by atoms with van der Waals surface area (Å²) in [5.41, 5.74) is 0.566. The van der Waals surface area contributed by atoms with E-state index in [1.54, 1.807) is 29.7 Å². The number of nitrogens with one attached hydrogen (secondary N) is 1. The minimum atomic E-state index is -0.0478. The highest BCUT2D eigenvalue weighted by atomic mass is 35.5. The van der Waals surface area contributed by atoms with Gasteiger partial charge in [-0.3, -0.25) is 9.69 Å². The Morgan fingerprint density at radius 3 is 3.14 bits per heavy atom. The van der Waals surface area contributed by atoms with Crippen LogP contribution in [0.15, 0.2) is 35.8 Å². The second kappa shape index (κ2) is 6.56. The van der Waals surface area contributed by atoms with Crippen molar-refractivity contribution in [1.82, 2.24) is 9.88 Å². The molecule has 0 bridgehead atoms. The fourth-order valence-electron chi connectivity index (χ4n) is 2.67. The second-order valence-corrected chi connectivity index (χ2v) is 6.37. The van der Waals surface area contributed by atoms with E-state index in [0.717, 1.165) is 19.4 Å². The molecular formula is C15H16ClN3OS. The number of amides is 1. The lowest BCUT2D eigenvalue weighted by Gasteiger charge is -2.22. The van der Waals surface area contributed by atoms with Crippen LogP contribution in [0.2, 0.25) is 5.15 Å². The molecule has 6 heteroatoms. The summed E-state index contributed by atoms with van der Waals surface area (Å²) >= 11 is 7.71. The molecule has 1 aliphatic rings. The maximum absolute atomic E-state index is 12.2. The van der Waals surface area contributed by atoms with E-state index in [-0.39, 0.29) is 5.91 Å². The van der Waals surface area contributed by atoms with E-state index >= 15 is 0 Å². The van der Waals surface area contributed by atoms with Gasteiger partial charge in [0.1, 0.15) is 0 Å². The second-order valence-electron chi connectivity index (χ2n) is 5.03. The highest BCUT2D eigenvalue weighted by molar-refractivity contribution is 7.10. The summed E-state index contributed by atoms with van der Waals surface area (Å²) < 4.78 is 0. The molecule has 110 valence electrons. The van der Waals surface area contributed by atoms with Crippen molar-refractivity contribution in [1.29, 1.82) is 0 Å². The molecule has 0 radical (unpaired) electrons. The van der Waals surface area contributed by atoms with Crippen molar-refractivity contribution in [2.75, 3.05) is 18.4 Å². The van der Waals surface area contributed by atoms with Gasteiger partial charge in [-0.25, -0.2) is 4.98 Å². The molecule has 2 aromatic heterocycles. The zero-order chi connectivity index (χ0) is 14.7. The van der Waals surface area contributed by atoms with Gasteiger partial charge in [0.05, 0.1) is 12.2 Å². The van der Waals surface area contributed by atoms with Gasteiger partial charge in [-0.2, -0.15) is 0 Å². The Morgan fingerprint density at radius 2 is 2.38 bits per heavy atom. The molecule has 3 rings (SSSR count). The van der Waals surface area contributed by atoms with Crippen LogP contribution in [0, 0.1) is 0 Å². The predicted octanol–water partition coefficient (Wildman–Crippen LogP) is 3.57. The van der Waals surface area contributed by atoms with Crippen LogP contribution >= 0.6 is 22.9 Å². The zero-order valence-electron chi connectivity index (χ0n) is 11.5. The van der Waals surface area contributed by atoms with E-state index in [2.05, 4.69) is 32.7 Å². The number of pyridine rings is 1. The van der Waals surface area contributed by atoms with Crippen LogP contribution in [-0.2, 0) is 4.79 Å². The summed E-state index contributed by atoms with van der Waals surface area (Å²) in [4.78, 5) is 19.7. The van der Waals surface area contributed by atoms with Gasteiger partial charge in [0.25, 0.3) is 0 Å². The van der Waals surface area contributed by atoms with Crippen molar-refractivity contribution in [2.24, 2.45) is 0 Å². The third-order valence-corrected chi connectivity index (χ3v) is 4.89. The molecule has 1 amide bonds. The molecule has 0 spiro atoms. The molecule has 0 aromatic carbocycles. The molecule has 1 fully saturated rings. The van der Waals surface area contributed by atoms with E-state index in [9.17, 15) is 4.79 Å². The van der Waals surface area contributed by atoms with Crippen LogP contribution in [0.1, 0.15) is 23.8 Å². The summed E-state index contributed by atoms with van der Waals surface area (Å²) in [6.45, 7) is 1.34. The zero-order valence-corrected chi connectivity index (χ0v) is 13.0. The number of nitrogens with zero attached hydrogens (tertiary/aromatic N) is 2. The minimum absolute atomic E-state index is 0.0478. The first-order chi connectivity index (χ1) is 10.2. The van der Waals surface area contributed by atoms with Gasteiger partial charge >= 0.3 is 0 Å². The fourth-order valence-corrected chi connectivity index (χ4v) is 3.73. The number of hydrogen-bond donors (Lipinski definition) is 1. The molecule has 3 heterocycles. The number of anilines is 1. The molecule has 4 nitrogen and oxygen atoms in total. The van der Waals surface area contributed by atoms with Crippen LogP contribution < -0.4 is 5.32 Å². The Labute approximate surface area is 132 Å². The minimum Gasteiger partial charge on any atom is -0.322 e. The maximum Gasteiger partial charge on any atom is 0.238 e. The normalized spacial score (nSPS) is 18.8. The largest absolute Gasteiger partial charge is 0.322 e. The Balaban J connectivity index is 1.63. The summed E-state index contributed by atoms with van der Waals surface area (Å²) in [6, 6.07) is 8.08. The molecule has 1 atom stereocenters. The van der Waals surface area contributed by atoms with Crippen molar-refractivity contribution < 1.29 is 4.79 Å². The third-order valence-electron chi connectivity index (χ3n) is 3.62. The number of halogens is 1. The number of likely N-dealkylation sites (tertiary alicyclic amines) is 1. The van der Waals surface area contributed by atoms with Crippen molar-refractivity contribution in [3.63, 3.8) is 0 Å². The topological polar surface area (TPSA) is 45.2 Å². The molecule has 0 unspecified atom stereocenters. The van der Waals surface area contributed by atoms with Crippen molar-refractivity contribution in [2.45, 2.75) is 18.9 Å². The molecule has 1 saturated heterocycles. The predicted molar refractivity (Wildman–Crippen MR) is 85.7 cm³/mol. The van der Waals surface area contributed by atoms with E-state index in [1.165, 1.54) is 4.88 Å². The summed E-state index contributed by atoms with van der Waals surface area (Å²) in [7, 11) is 0. The molecular weight excluding hydrogens is 306 g/mol. The van der Waals surface area contributed by atoms with Crippen LogP contribution in [0.25, 0.3) is 0 Å². The molecule has 21 heavy (non-hydrogen) atoms. The van der Waals surface area contributed by atoms with Gasteiger partial charge in [-0.15, -0.1) is 11.3 Å². The average molecular weight is 322 g/mol. The quantitative estimate of drug-likeness (QED) is 0.876. The SMILES string of the molecule is O=C(CN1CCC[C@H]1c1cccs1)Nc1cccnc1Cl. The average Bonchev–Trinajstić information content (AvgIpc) is 3.11. The lowest BCUT2D eigenvalue weighted by molar-refractivity contribution is -0.117. The number of carbonyl (C=O) groups is 1. The molecule has 0 aliphatic carbocycles. The summed E-state index contributed by atoms with van der Waals surface area (Å²) in [5, 5.41) is 5.24. The highest BCUT2D eigenvalue weighted by Gasteiger charge is 2.28. The van der Waals surface area contributed by atoms with Crippen LogP contribution in [-0.4, -0.2) is 28.9 Å². The van der Waals surface area contributed by atoms with Crippen LogP contribution in [0.3, 0.4) is 0 Å². The fraction of sp³-hybridized carbons (Fsp3) is 0.333. The summed E-state index contributed by atoms with van der Waals surface area (Å²) in [5.74, 6) is -0.0478. The number of aromatic nitrogens is 1. The Hall–Kier alpha value is -1.43. The molecule has 0 saturated carbocycles. The number of hydrogen-bond acceptors (Lipinski definition) is 4. The lowest BCUT2D eigenvalue weighted by atomic mass is 10.2. The standard InChI is InChI=1S/C15H16ClN3OS/c16-15-11(4-1-7-17-15)18-14(20)10-19-8-2-5-12(19)13-6-3-9-21-13/h1,3-4,6-7,9,12H,2,5,8,10H2,(H,18,20)/t12-/m0/s1. The number of carbonyl (C=O) groups excluding carboxylic acids is 1. The van der Waals surface area contributed by atoms with Crippen LogP contribution in [0.5, 0.6) is 0 Å². The van der Waals surface area contributed by atoms with Crippen molar-refractivity contribution in [3.05, 3.63) is 45.9 Å². The van der Waals surface area contributed by atoms with Crippen molar-refractivity contribution in [3.8, 4) is 0 Å². The Kier molecular flexibility index (Phi) is 4.53. The molecule has 1 N–H and O–H groups in total. The smallest absolute Gasteiger partial charge is 0.238 e. The van der Waals surface area contributed by atoms with Gasteiger partial charge < -0.3 is 5.32 Å². The number of rotatable bonds is 4. The first-order valence-electron chi connectivity index (χ1n) is 6.92. The van der Waals surface area contributed by atoms with E-state index < -0.39 is 0 Å². The van der Waals surface area contributed by atoms with Gasteiger partial charge in [0.15, 0.2) is 5.15 Å². The Morgan fingerprint density at radius 1 is 1.48 bits per heavy atom. The first-order valence-corrected chi connectivity index (χ1v) is 8.17. The van der Waals surface area contributed by atoms with Gasteiger partial charge in [-0.1, -0.05) is 17.7 Å². The first kappa shape index (κ1) is 14.5. The molecule has 2 aromatic rings.